The number of nitrogens with two attached hydrogens (primary N) is 2. The van der Waals surface area contributed by atoms with Crippen molar-refractivity contribution < 1.29 is 5.11 Å². The molecule has 0 bridgehead atoms. The number of hydrogen-bond donors (Lipinski definition) is 3. The van der Waals surface area contributed by atoms with Crippen molar-refractivity contribution in [2.75, 3.05) is 13.2 Å². The highest BCUT2D eigenvalue weighted by molar-refractivity contribution is 4.67. The van der Waals surface area contributed by atoms with Crippen LogP contribution in [0.1, 0.15) is 6.92 Å². The van der Waals surface area contributed by atoms with E-state index in [0.717, 1.165) is 0 Å². The highest BCUT2D eigenvalue weighted by Crippen LogP contribution is 1.94. The van der Waals surface area contributed by atoms with E-state index in [1.165, 1.54) is 0 Å². The van der Waals surface area contributed by atoms with Gasteiger partial charge < -0.3 is 16.6 Å². The highest BCUT2D eigenvalue weighted by atomic mass is 16.3. The maximum absolute atomic E-state index is 8.46. The number of rotatable bonds is 3. The van der Waals surface area contributed by atoms with Crippen molar-refractivity contribution in [2.45, 2.75) is 13.0 Å². The van der Waals surface area contributed by atoms with E-state index in [2.05, 4.69) is 0 Å². The van der Waals surface area contributed by atoms with Gasteiger partial charge in [-0.25, -0.2) is 0 Å². The molecule has 2 atom stereocenters. The largest absolute Gasteiger partial charge is 0.395 e. The smallest absolute Gasteiger partial charge is 0.0585 e. The van der Waals surface area contributed by atoms with E-state index in [-0.39, 0.29) is 18.6 Å². The molecule has 0 saturated heterocycles. The van der Waals surface area contributed by atoms with Crippen LogP contribution in [-0.2, 0) is 0 Å². The normalized spacial score (nSPS) is 18.0. The molecule has 0 aromatic carbocycles. The van der Waals surface area contributed by atoms with Crippen LogP contribution in [0.4, 0.5) is 0 Å². The third-order valence-electron chi connectivity index (χ3n) is 1.31. The van der Waals surface area contributed by atoms with Crippen LogP contribution in [-0.4, -0.2) is 24.3 Å². The molecule has 5 N–H and O–H groups in total. The SMILES string of the molecule is CC(CN)[C@H](N)CO. The molecule has 0 aliphatic heterocycles. The molecule has 0 saturated carbocycles. The molecule has 1 unspecified atom stereocenters. The van der Waals surface area contributed by atoms with Gasteiger partial charge in [-0.15, -0.1) is 0 Å². The maximum atomic E-state index is 8.46. The Hall–Kier alpha value is -0.120. The lowest BCUT2D eigenvalue weighted by Crippen LogP contribution is -2.35. The average Bonchev–Trinajstić information content (AvgIpc) is 1.84. The van der Waals surface area contributed by atoms with Gasteiger partial charge in [0.05, 0.1) is 6.61 Å². The zero-order chi connectivity index (χ0) is 6.57. The molecule has 0 fully saturated rings. The van der Waals surface area contributed by atoms with E-state index in [0.29, 0.717) is 6.54 Å². The topological polar surface area (TPSA) is 72.3 Å². The average molecular weight is 118 g/mol. The predicted octanol–water partition coefficient (Wildman–Crippen LogP) is -1.10. The zero-order valence-corrected chi connectivity index (χ0v) is 5.17. The van der Waals surface area contributed by atoms with Gasteiger partial charge in [-0.05, 0) is 12.5 Å². The maximum Gasteiger partial charge on any atom is 0.0585 e. The first-order chi connectivity index (χ1) is 3.72. The van der Waals surface area contributed by atoms with Gasteiger partial charge in [0, 0.05) is 6.04 Å². The summed E-state index contributed by atoms with van der Waals surface area (Å²) >= 11 is 0. The van der Waals surface area contributed by atoms with Gasteiger partial charge in [0.2, 0.25) is 0 Å². The van der Waals surface area contributed by atoms with Gasteiger partial charge in [0.1, 0.15) is 0 Å². The summed E-state index contributed by atoms with van der Waals surface area (Å²) < 4.78 is 0. The quantitative estimate of drug-likeness (QED) is 0.440. The Morgan fingerprint density at radius 3 is 2.25 bits per heavy atom. The number of hydrogen-bond acceptors (Lipinski definition) is 3. The fraction of sp³-hybridized carbons (Fsp3) is 1.00. The third kappa shape index (κ3) is 2.26. The van der Waals surface area contributed by atoms with Crippen LogP contribution >= 0.6 is 0 Å². The van der Waals surface area contributed by atoms with Gasteiger partial charge >= 0.3 is 0 Å². The second-order valence-corrected chi connectivity index (χ2v) is 2.06. The lowest BCUT2D eigenvalue weighted by molar-refractivity contribution is 0.234. The minimum Gasteiger partial charge on any atom is -0.395 e. The van der Waals surface area contributed by atoms with E-state index in [9.17, 15) is 0 Å². The van der Waals surface area contributed by atoms with Gasteiger partial charge in [0.25, 0.3) is 0 Å². The molecular weight excluding hydrogens is 104 g/mol. The molecule has 0 heterocycles. The van der Waals surface area contributed by atoms with E-state index in [4.69, 9.17) is 16.6 Å². The summed E-state index contributed by atoms with van der Waals surface area (Å²) in [6.45, 7) is 2.49. The lowest BCUT2D eigenvalue weighted by Gasteiger charge is -2.13. The third-order valence-corrected chi connectivity index (χ3v) is 1.31. The molecule has 3 nitrogen and oxygen atoms in total. The Bertz CT molecular complexity index is 50.4. The van der Waals surface area contributed by atoms with Crippen LogP contribution in [0.15, 0.2) is 0 Å². The van der Waals surface area contributed by atoms with Crippen LogP contribution < -0.4 is 11.5 Å². The summed E-state index contributed by atoms with van der Waals surface area (Å²) in [5.74, 6) is 0.222. The minimum absolute atomic E-state index is 0.0262. The van der Waals surface area contributed by atoms with Crippen molar-refractivity contribution in [3.05, 3.63) is 0 Å². The fourth-order valence-electron chi connectivity index (χ4n) is 0.355. The fourth-order valence-corrected chi connectivity index (χ4v) is 0.355. The summed E-state index contributed by atoms with van der Waals surface area (Å²) in [7, 11) is 0. The van der Waals surface area contributed by atoms with Crippen LogP contribution in [0.3, 0.4) is 0 Å². The van der Waals surface area contributed by atoms with Gasteiger partial charge in [-0.3, -0.25) is 0 Å². The van der Waals surface area contributed by atoms with Crippen LogP contribution in [0.5, 0.6) is 0 Å². The second-order valence-electron chi connectivity index (χ2n) is 2.06. The van der Waals surface area contributed by atoms with Crippen molar-refractivity contribution in [3.63, 3.8) is 0 Å². The Balaban J connectivity index is 3.29. The number of aliphatic hydroxyl groups excluding tert-OH is 1. The highest BCUT2D eigenvalue weighted by Gasteiger charge is 2.07. The first-order valence-electron chi connectivity index (χ1n) is 2.78. The Morgan fingerprint density at radius 1 is 1.62 bits per heavy atom. The van der Waals surface area contributed by atoms with Crippen molar-refractivity contribution in [1.29, 1.82) is 0 Å². The Kier molecular flexibility index (Phi) is 3.77. The molecule has 0 aromatic rings. The van der Waals surface area contributed by atoms with E-state index >= 15 is 0 Å². The molecular formula is C5H14N2O. The molecule has 0 aliphatic rings. The van der Waals surface area contributed by atoms with E-state index in [1.807, 2.05) is 6.92 Å². The lowest BCUT2D eigenvalue weighted by atomic mass is 10.0. The Morgan fingerprint density at radius 2 is 2.12 bits per heavy atom. The molecule has 0 spiro atoms. The van der Waals surface area contributed by atoms with Gasteiger partial charge in [-0.2, -0.15) is 0 Å². The summed E-state index contributed by atoms with van der Waals surface area (Å²) in [5, 5.41) is 8.46. The van der Waals surface area contributed by atoms with E-state index in [1.54, 1.807) is 0 Å². The molecule has 0 amide bonds. The first kappa shape index (κ1) is 7.88. The monoisotopic (exact) mass is 118 g/mol. The van der Waals surface area contributed by atoms with Crippen LogP contribution in [0.2, 0.25) is 0 Å². The van der Waals surface area contributed by atoms with E-state index < -0.39 is 0 Å². The minimum atomic E-state index is -0.153. The molecule has 8 heavy (non-hydrogen) atoms. The molecule has 3 heteroatoms. The second kappa shape index (κ2) is 3.83. The summed E-state index contributed by atoms with van der Waals surface area (Å²) in [4.78, 5) is 0. The first-order valence-corrected chi connectivity index (χ1v) is 2.78. The van der Waals surface area contributed by atoms with Crippen LogP contribution in [0, 0.1) is 5.92 Å². The molecule has 0 aliphatic carbocycles. The van der Waals surface area contributed by atoms with Crippen molar-refractivity contribution in [2.24, 2.45) is 17.4 Å². The van der Waals surface area contributed by atoms with Gasteiger partial charge in [0.15, 0.2) is 0 Å². The summed E-state index contributed by atoms with van der Waals surface area (Å²) in [6, 6.07) is -0.153. The number of aliphatic hydroxyl groups is 1. The molecule has 50 valence electrons. The van der Waals surface area contributed by atoms with Crippen molar-refractivity contribution >= 4 is 0 Å². The molecule has 0 radical (unpaired) electrons. The molecule has 0 aromatic heterocycles. The molecule has 0 rings (SSSR count). The summed E-state index contributed by atoms with van der Waals surface area (Å²) in [6.07, 6.45) is 0. The van der Waals surface area contributed by atoms with Crippen molar-refractivity contribution in [1.82, 2.24) is 0 Å². The van der Waals surface area contributed by atoms with Crippen molar-refractivity contribution in [3.8, 4) is 0 Å². The van der Waals surface area contributed by atoms with Gasteiger partial charge in [-0.1, -0.05) is 6.92 Å². The predicted molar refractivity (Wildman–Crippen MR) is 33.3 cm³/mol. The zero-order valence-electron chi connectivity index (χ0n) is 5.17. The van der Waals surface area contributed by atoms with Crippen LogP contribution in [0.25, 0.3) is 0 Å². The summed E-state index contributed by atoms with van der Waals surface area (Å²) in [5.41, 5.74) is 10.7. The Labute approximate surface area is 49.7 Å². The standard InChI is InChI=1S/C5H14N2O/c1-4(2-6)5(7)3-8/h4-5,8H,2-3,6-7H2,1H3/t4?,5-/m1/s1.